The SMILES string of the molecule is CCCN(Cc1c(C)nn(-c2ccccc2)c1Oc1cccc(C)c1)C[C@@H](O)CC. The van der Waals surface area contributed by atoms with Crippen LogP contribution < -0.4 is 4.74 Å². The first-order valence-corrected chi connectivity index (χ1v) is 10.8. The molecule has 1 N–H and O–H groups in total. The minimum atomic E-state index is -0.331. The summed E-state index contributed by atoms with van der Waals surface area (Å²) in [5.74, 6) is 1.53. The van der Waals surface area contributed by atoms with Crippen molar-refractivity contribution in [1.29, 1.82) is 0 Å². The summed E-state index contributed by atoms with van der Waals surface area (Å²) in [5, 5.41) is 15.0. The van der Waals surface area contributed by atoms with Crippen LogP contribution in [0.1, 0.15) is 43.5 Å². The van der Waals surface area contributed by atoms with Crippen molar-refractivity contribution in [3.63, 3.8) is 0 Å². The molecule has 0 radical (unpaired) electrons. The number of hydrogen-bond acceptors (Lipinski definition) is 4. The molecule has 0 fully saturated rings. The van der Waals surface area contributed by atoms with E-state index in [9.17, 15) is 5.11 Å². The summed E-state index contributed by atoms with van der Waals surface area (Å²) in [6.07, 6.45) is 1.44. The molecule has 2 aromatic carbocycles. The predicted octanol–water partition coefficient (Wildman–Crippen LogP) is 5.26. The average Bonchev–Trinajstić information content (AvgIpc) is 3.04. The predicted molar refractivity (Wildman–Crippen MR) is 121 cm³/mol. The van der Waals surface area contributed by atoms with Crippen molar-refractivity contribution in [2.45, 2.75) is 53.2 Å². The van der Waals surface area contributed by atoms with Crippen molar-refractivity contribution in [2.24, 2.45) is 0 Å². The summed E-state index contributed by atoms with van der Waals surface area (Å²) in [4.78, 5) is 2.29. The second-order valence-electron chi connectivity index (χ2n) is 7.83. The van der Waals surface area contributed by atoms with Gasteiger partial charge in [0.2, 0.25) is 5.88 Å². The topological polar surface area (TPSA) is 50.5 Å². The third-order valence-electron chi connectivity index (χ3n) is 5.20. The van der Waals surface area contributed by atoms with Crippen molar-refractivity contribution >= 4 is 0 Å². The Kier molecular flexibility index (Phi) is 7.66. The van der Waals surface area contributed by atoms with Gasteiger partial charge < -0.3 is 9.84 Å². The highest BCUT2D eigenvalue weighted by Gasteiger charge is 2.22. The van der Waals surface area contributed by atoms with Gasteiger partial charge >= 0.3 is 0 Å². The van der Waals surface area contributed by atoms with Crippen molar-refractivity contribution in [3.8, 4) is 17.3 Å². The standard InChI is InChI=1S/C25H33N3O2/c1-5-15-27(17-22(29)6-2)18-24-20(4)26-28(21-12-8-7-9-13-21)25(24)30-23-14-10-11-19(3)16-23/h7-14,16,22,29H,5-6,15,17-18H2,1-4H3/t22-/m0/s1. The molecule has 1 heterocycles. The molecular weight excluding hydrogens is 374 g/mol. The maximum absolute atomic E-state index is 10.2. The van der Waals surface area contributed by atoms with Gasteiger partial charge in [0.1, 0.15) is 5.75 Å². The molecule has 0 saturated carbocycles. The molecule has 3 rings (SSSR count). The monoisotopic (exact) mass is 407 g/mol. The molecule has 0 unspecified atom stereocenters. The third-order valence-corrected chi connectivity index (χ3v) is 5.20. The van der Waals surface area contributed by atoms with Crippen LogP contribution in [0.4, 0.5) is 0 Å². The number of aromatic nitrogens is 2. The van der Waals surface area contributed by atoms with Crippen LogP contribution in [-0.2, 0) is 6.54 Å². The van der Waals surface area contributed by atoms with E-state index in [-0.39, 0.29) is 6.10 Å². The van der Waals surface area contributed by atoms with Crippen LogP contribution >= 0.6 is 0 Å². The van der Waals surface area contributed by atoms with E-state index in [1.165, 1.54) is 0 Å². The number of benzene rings is 2. The van der Waals surface area contributed by atoms with Crippen LogP contribution in [0, 0.1) is 13.8 Å². The van der Waals surface area contributed by atoms with E-state index >= 15 is 0 Å². The third kappa shape index (κ3) is 5.49. The average molecular weight is 408 g/mol. The Labute approximate surface area is 179 Å². The normalized spacial score (nSPS) is 12.3. The Morgan fingerprint density at radius 1 is 1.07 bits per heavy atom. The van der Waals surface area contributed by atoms with Gasteiger partial charge in [-0.3, -0.25) is 4.90 Å². The van der Waals surface area contributed by atoms with E-state index in [1.54, 1.807) is 0 Å². The van der Waals surface area contributed by atoms with Crippen LogP contribution in [-0.4, -0.2) is 39.0 Å². The van der Waals surface area contributed by atoms with E-state index in [0.717, 1.165) is 53.5 Å². The van der Waals surface area contributed by atoms with Gasteiger partial charge in [-0.2, -0.15) is 5.10 Å². The van der Waals surface area contributed by atoms with Gasteiger partial charge in [-0.15, -0.1) is 0 Å². The smallest absolute Gasteiger partial charge is 0.227 e. The van der Waals surface area contributed by atoms with Crippen LogP contribution in [0.25, 0.3) is 5.69 Å². The lowest BCUT2D eigenvalue weighted by Gasteiger charge is -2.24. The number of aliphatic hydroxyl groups is 1. The Bertz CT molecular complexity index is 937. The zero-order valence-electron chi connectivity index (χ0n) is 18.5. The highest BCUT2D eigenvalue weighted by Crippen LogP contribution is 2.32. The summed E-state index contributed by atoms with van der Waals surface area (Å²) in [6, 6.07) is 18.1. The highest BCUT2D eigenvalue weighted by atomic mass is 16.5. The van der Waals surface area contributed by atoms with E-state index in [1.807, 2.05) is 67.1 Å². The maximum atomic E-state index is 10.2. The van der Waals surface area contributed by atoms with Gasteiger partial charge in [0, 0.05) is 13.1 Å². The minimum Gasteiger partial charge on any atom is -0.439 e. The molecule has 5 heteroatoms. The van der Waals surface area contributed by atoms with Gasteiger partial charge in [-0.1, -0.05) is 44.2 Å². The van der Waals surface area contributed by atoms with E-state index in [4.69, 9.17) is 9.84 Å². The molecule has 0 aliphatic heterocycles. The quantitative estimate of drug-likeness (QED) is 0.498. The summed E-state index contributed by atoms with van der Waals surface area (Å²) in [5.41, 5.74) is 4.10. The summed E-state index contributed by atoms with van der Waals surface area (Å²) in [7, 11) is 0. The first-order valence-electron chi connectivity index (χ1n) is 10.8. The first-order chi connectivity index (χ1) is 14.5. The fourth-order valence-corrected chi connectivity index (χ4v) is 3.56. The van der Waals surface area contributed by atoms with E-state index < -0.39 is 0 Å². The van der Waals surface area contributed by atoms with Crippen LogP contribution in [0.2, 0.25) is 0 Å². The van der Waals surface area contributed by atoms with Crippen molar-refractivity contribution in [2.75, 3.05) is 13.1 Å². The van der Waals surface area contributed by atoms with Crippen molar-refractivity contribution < 1.29 is 9.84 Å². The highest BCUT2D eigenvalue weighted by molar-refractivity contribution is 5.43. The zero-order valence-corrected chi connectivity index (χ0v) is 18.5. The molecule has 0 spiro atoms. The molecule has 0 aliphatic rings. The summed E-state index contributed by atoms with van der Waals surface area (Å²) < 4.78 is 8.30. The molecule has 1 atom stereocenters. The number of para-hydroxylation sites is 1. The lowest BCUT2D eigenvalue weighted by Crippen LogP contribution is -2.32. The van der Waals surface area contributed by atoms with Gasteiger partial charge in [-0.05, 0) is 63.1 Å². The van der Waals surface area contributed by atoms with Crippen molar-refractivity contribution in [3.05, 3.63) is 71.4 Å². The lowest BCUT2D eigenvalue weighted by molar-refractivity contribution is 0.105. The molecule has 0 amide bonds. The van der Waals surface area contributed by atoms with Crippen LogP contribution in [0.15, 0.2) is 54.6 Å². The summed E-state index contributed by atoms with van der Waals surface area (Å²) in [6.45, 7) is 10.5. The largest absolute Gasteiger partial charge is 0.439 e. The van der Waals surface area contributed by atoms with Crippen LogP contribution in [0.5, 0.6) is 11.6 Å². The van der Waals surface area contributed by atoms with Gasteiger partial charge in [0.25, 0.3) is 0 Å². The summed E-state index contributed by atoms with van der Waals surface area (Å²) >= 11 is 0. The van der Waals surface area contributed by atoms with Crippen LogP contribution in [0.3, 0.4) is 0 Å². The van der Waals surface area contributed by atoms with Gasteiger partial charge in [-0.25, -0.2) is 4.68 Å². The fourth-order valence-electron chi connectivity index (χ4n) is 3.56. The minimum absolute atomic E-state index is 0.331. The molecule has 1 aromatic heterocycles. The lowest BCUT2D eigenvalue weighted by atomic mass is 10.2. The van der Waals surface area contributed by atoms with Crippen molar-refractivity contribution in [1.82, 2.24) is 14.7 Å². The number of hydrogen-bond donors (Lipinski definition) is 1. The van der Waals surface area contributed by atoms with E-state index in [2.05, 4.69) is 24.8 Å². The Morgan fingerprint density at radius 3 is 2.50 bits per heavy atom. The second kappa shape index (κ2) is 10.4. The fraction of sp³-hybridized carbons (Fsp3) is 0.400. The Hall–Kier alpha value is -2.63. The van der Waals surface area contributed by atoms with Gasteiger partial charge in [0.05, 0.1) is 23.0 Å². The Balaban J connectivity index is 2.01. The number of aliphatic hydroxyl groups excluding tert-OH is 1. The molecule has 160 valence electrons. The number of nitrogens with zero attached hydrogens (tertiary/aromatic N) is 3. The first kappa shape index (κ1) is 22.1. The maximum Gasteiger partial charge on any atom is 0.227 e. The molecule has 3 aromatic rings. The van der Waals surface area contributed by atoms with Gasteiger partial charge in [0.15, 0.2) is 0 Å². The number of aryl methyl sites for hydroxylation is 2. The second-order valence-corrected chi connectivity index (χ2v) is 7.83. The molecule has 5 nitrogen and oxygen atoms in total. The zero-order chi connectivity index (χ0) is 21.5. The molecular formula is C25H33N3O2. The number of ether oxygens (including phenoxy) is 1. The molecule has 0 saturated heterocycles. The van der Waals surface area contributed by atoms with E-state index in [0.29, 0.717) is 13.1 Å². The Morgan fingerprint density at radius 2 is 1.83 bits per heavy atom. The molecule has 0 bridgehead atoms. The molecule has 0 aliphatic carbocycles. The number of rotatable bonds is 10. The molecule has 30 heavy (non-hydrogen) atoms.